The van der Waals surface area contributed by atoms with Crippen LogP contribution < -0.4 is 0 Å². The average Bonchev–Trinajstić information content (AvgIpc) is 3.24. The Kier molecular flexibility index (Phi) is 3.90. The second kappa shape index (κ2) is 6.36. The van der Waals surface area contributed by atoms with Crippen LogP contribution in [0.15, 0.2) is 61.6 Å². The Morgan fingerprint density at radius 1 is 1.20 bits per heavy atom. The molecule has 4 nitrogen and oxygen atoms in total. The zero-order valence-electron chi connectivity index (χ0n) is 13.6. The lowest BCUT2D eigenvalue weighted by molar-refractivity contribution is 0.613. The van der Waals surface area contributed by atoms with Crippen LogP contribution in [0.5, 0.6) is 0 Å². The Hall–Kier alpha value is -3.21. The number of pyridine rings is 1. The van der Waals surface area contributed by atoms with Gasteiger partial charge < -0.3 is 4.98 Å². The van der Waals surface area contributed by atoms with Gasteiger partial charge in [0.2, 0.25) is 0 Å². The predicted octanol–water partition coefficient (Wildman–Crippen LogP) is 4.45. The maximum Gasteiger partial charge on any atom is 0.142 e. The van der Waals surface area contributed by atoms with Crippen molar-refractivity contribution < 1.29 is 4.39 Å². The number of nitrogens with zero attached hydrogens (tertiary/aromatic N) is 3. The van der Waals surface area contributed by atoms with Crippen LogP contribution in [0.2, 0.25) is 0 Å². The van der Waals surface area contributed by atoms with Crippen molar-refractivity contribution in [2.45, 2.75) is 13.0 Å². The van der Waals surface area contributed by atoms with E-state index in [1.54, 1.807) is 12.3 Å². The summed E-state index contributed by atoms with van der Waals surface area (Å²) in [5, 5.41) is 5.77. The first-order valence-corrected chi connectivity index (χ1v) is 8.11. The first kappa shape index (κ1) is 15.3. The number of aryl methyl sites for hydroxylation is 2. The third-order valence-electron chi connectivity index (χ3n) is 4.28. The maximum atomic E-state index is 13.5. The van der Waals surface area contributed by atoms with Gasteiger partial charge in [0.05, 0.1) is 17.6 Å². The number of hydrogen-bond acceptors (Lipinski definition) is 2. The molecule has 0 aliphatic rings. The van der Waals surface area contributed by atoms with Gasteiger partial charge in [0.15, 0.2) is 0 Å². The predicted molar refractivity (Wildman–Crippen MR) is 97.5 cm³/mol. The van der Waals surface area contributed by atoms with Gasteiger partial charge in [-0.15, -0.1) is 0 Å². The molecule has 0 aliphatic heterocycles. The molecule has 5 heteroatoms. The molecule has 0 bridgehead atoms. The molecule has 0 spiro atoms. The highest BCUT2D eigenvalue weighted by atomic mass is 19.1. The van der Waals surface area contributed by atoms with Crippen LogP contribution in [0, 0.1) is 5.82 Å². The third kappa shape index (κ3) is 2.96. The van der Waals surface area contributed by atoms with Gasteiger partial charge in [-0.1, -0.05) is 24.8 Å². The lowest BCUT2D eigenvalue weighted by atomic mass is 10.1. The minimum absolute atomic E-state index is 0.359. The molecule has 0 amide bonds. The third-order valence-corrected chi connectivity index (χ3v) is 4.28. The van der Waals surface area contributed by atoms with Crippen LogP contribution >= 0.6 is 0 Å². The number of H-pyrrole nitrogens is 1. The molecule has 124 valence electrons. The molecule has 0 saturated carbocycles. The van der Waals surface area contributed by atoms with E-state index in [1.165, 1.54) is 23.2 Å². The van der Waals surface area contributed by atoms with Gasteiger partial charge in [0.25, 0.3) is 0 Å². The molecule has 1 N–H and O–H groups in total. The summed E-state index contributed by atoms with van der Waals surface area (Å²) in [5.41, 5.74) is 4.66. The van der Waals surface area contributed by atoms with E-state index in [1.807, 2.05) is 29.1 Å². The first-order chi connectivity index (χ1) is 12.2. The van der Waals surface area contributed by atoms with Gasteiger partial charge in [-0.3, -0.25) is 9.67 Å². The monoisotopic (exact) mass is 332 g/mol. The van der Waals surface area contributed by atoms with Crippen molar-refractivity contribution in [1.82, 2.24) is 19.7 Å². The largest absolute Gasteiger partial charge is 0.361 e. The molecule has 0 fully saturated rings. The molecule has 0 atom stereocenters. The van der Waals surface area contributed by atoms with Crippen LogP contribution in [0.1, 0.15) is 11.3 Å². The summed E-state index contributed by atoms with van der Waals surface area (Å²) in [5.74, 6) is -0.359. The highest BCUT2D eigenvalue weighted by molar-refractivity contribution is 5.83. The maximum absolute atomic E-state index is 13.5. The standard InChI is InChI=1S/C20H17FN4/c1-2-17-10-20(15-9-16(21)13-22-11-15)25(24-17)8-7-14-12-23-19-6-4-3-5-18(14)19/h2-6,9-13,23H,1,7-8H2. The van der Waals surface area contributed by atoms with Gasteiger partial charge >= 0.3 is 0 Å². The molecule has 0 aliphatic carbocycles. The lowest BCUT2D eigenvalue weighted by Crippen LogP contribution is -2.05. The molecule has 25 heavy (non-hydrogen) atoms. The normalized spacial score (nSPS) is 11.1. The van der Waals surface area contributed by atoms with Crippen molar-refractivity contribution in [3.05, 3.63) is 78.6 Å². The summed E-state index contributed by atoms with van der Waals surface area (Å²) in [6.07, 6.45) is 7.39. The Balaban J connectivity index is 1.66. The average molecular weight is 332 g/mol. The van der Waals surface area contributed by atoms with Gasteiger partial charge in [-0.25, -0.2) is 4.39 Å². The number of aromatic nitrogens is 4. The number of halogens is 1. The fraction of sp³-hybridized carbons (Fsp3) is 0.100. The van der Waals surface area contributed by atoms with Crippen LogP contribution in [-0.2, 0) is 13.0 Å². The molecular weight excluding hydrogens is 315 g/mol. The molecule has 0 unspecified atom stereocenters. The van der Waals surface area contributed by atoms with Crippen molar-refractivity contribution in [2.75, 3.05) is 0 Å². The summed E-state index contributed by atoms with van der Waals surface area (Å²) in [6, 6.07) is 11.6. The van der Waals surface area contributed by atoms with E-state index in [2.05, 4.69) is 33.8 Å². The molecule has 4 aromatic rings. The Morgan fingerprint density at radius 2 is 2.08 bits per heavy atom. The van der Waals surface area contributed by atoms with E-state index in [0.29, 0.717) is 12.1 Å². The van der Waals surface area contributed by atoms with Crippen molar-refractivity contribution in [1.29, 1.82) is 0 Å². The number of hydrogen-bond donors (Lipinski definition) is 1. The number of para-hydroxylation sites is 1. The Bertz CT molecular complexity index is 1040. The molecule has 4 rings (SSSR count). The van der Waals surface area contributed by atoms with E-state index in [4.69, 9.17) is 0 Å². The molecule has 1 aromatic carbocycles. The van der Waals surface area contributed by atoms with Gasteiger partial charge in [-0.2, -0.15) is 5.10 Å². The van der Waals surface area contributed by atoms with Crippen LogP contribution in [0.4, 0.5) is 4.39 Å². The summed E-state index contributed by atoms with van der Waals surface area (Å²) in [4.78, 5) is 7.23. The lowest BCUT2D eigenvalue weighted by Gasteiger charge is -2.07. The fourth-order valence-corrected chi connectivity index (χ4v) is 3.06. The number of aromatic amines is 1. The summed E-state index contributed by atoms with van der Waals surface area (Å²) < 4.78 is 15.4. The van der Waals surface area contributed by atoms with Gasteiger partial charge in [0, 0.05) is 35.4 Å². The van der Waals surface area contributed by atoms with Crippen LogP contribution in [0.25, 0.3) is 28.2 Å². The highest BCUT2D eigenvalue weighted by Crippen LogP contribution is 2.23. The quantitative estimate of drug-likeness (QED) is 0.587. The topological polar surface area (TPSA) is 46.5 Å². The van der Waals surface area contributed by atoms with E-state index < -0.39 is 0 Å². The molecule has 0 saturated heterocycles. The number of nitrogens with one attached hydrogen (secondary N) is 1. The van der Waals surface area contributed by atoms with Gasteiger partial charge in [0.1, 0.15) is 5.82 Å². The number of rotatable bonds is 5. The van der Waals surface area contributed by atoms with E-state index in [0.717, 1.165) is 23.3 Å². The summed E-state index contributed by atoms with van der Waals surface area (Å²) >= 11 is 0. The highest BCUT2D eigenvalue weighted by Gasteiger charge is 2.11. The molecular formula is C20H17FN4. The molecule has 0 radical (unpaired) electrons. The first-order valence-electron chi connectivity index (χ1n) is 8.11. The zero-order valence-corrected chi connectivity index (χ0v) is 13.6. The van der Waals surface area contributed by atoms with Crippen LogP contribution in [0.3, 0.4) is 0 Å². The smallest absolute Gasteiger partial charge is 0.142 e. The van der Waals surface area contributed by atoms with Crippen molar-refractivity contribution in [3.8, 4) is 11.3 Å². The van der Waals surface area contributed by atoms with Crippen LogP contribution in [-0.4, -0.2) is 19.7 Å². The van der Waals surface area contributed by atoms with Gasteiger partial charge in [-0.05, 0) is 36.3 Å². The SMILES string of the molecule is C=Cc1cc(-c2cncc(F)c2)n(CCc2c[nH]c3ccccc23)n1. The minimum atomic E-state index is -0.359. The fourth-order valence-electron chi connectivity index (χ4n) is 3.06. The Labute approximate surface area is 144 Å². The number of fused-ring (bicyclic) bond motifs is 1. The zero-order chi connectivity index (χ0) is 17.2. The van der Waals surface area contributed by atoms with Crippen molar-refractivity contribution in [2.24, 2.45) is 0 Å². The number of benzene rings is 1. The Morgan fingerprint density at radius 3 is 2.92 bits per heavy atom. The molecule has 3 aromatic heterocycles. The second-order valence-electron chi connectivity index (χ2n) is 5.88. The summed E-state index contributed by atoms with van der Waals surface area (Å²) in [6.45, 7) is 4.46. The minimum Gasteiger partial charge on any atom is -0.361 e. The van der Waals surface area contributed by atoms with E-state index >= 15 is 0 Å². The van der Waals surface area contributed by atoms with Crippen molar-refractivity contribution in [3.63, 3.8) is 0 Å². The summed E-state index contributed by atoms with van der Waals surface area (Å²) in [7, 11) is 0. The molecule has 3 heterocycles. The second-order valence-corrected chi connectivity index (χ2v) is 5.88. The van der Waals surface area contributed by atoms with E-state index in [9.17, 15) is 4.39 Å². The van der Waals surface area contributed by atoms with E-state index in [-0.39, 0.29) is 5.82 Å². The van der Waals surface area contributed by atoms with Crippen molar-refractivity contribution >= 4 is 17.0 Å².